The summed E-state index contributed by atoms with van der Waals surface area (Å²) in [6.45, 7) is 2.83. The van der Waals surface area contributed by atoms with Gasteiger partial charge in [-0.1, -0.05) is 18.2 Å². The van der Waals surface area contributed by atoms with Crippen LogP contribution in [-0.4, -0.2) is 18.0 Å². The molecule has 1 atom stereocenters. The molecule has 0 heterocycles. The van der Waals surface area contributed by atoms with Crippen molar-refractivity contribution >= 4 is 5.69 Å². The zero-order valence-corrected chi connectivity index (χ0v) is 9.27. The number of anilines is 1. The van der Waals surface area contributed by atoms with Crippen molar-refractivity contribution in [1.29, 1.82) is 5.26 Å². The van der Waals surface area contributed by atoms with Crippen LogP contribution in [0, 0.1) is 11.3 Å². The molecule has 15 heavy (non-hydrogen) atoms. The van der Waals surface area contributed by atoms with Crippen molar-refractivity contribution in [2.45, 2.75) is 25.9 Å². The molecule has 0 saturated carbocycles. The minimum Gasteiger partial charge on any atom is -0.398 e. The molecule has 0 aromatic heterocycles. The van der Waals surface area contributed by atoms with Crippen LogP contribution in [0.4, 0.5) is 5.69 Å². The van der Waals surface area contributed by atoms with Gasteiger partial charge < -0.3 is 5.73 Å². The van der Waals surface area contributed by atoms with Crippen molar-refractivity contribution in [1.82, 2.24) is 4.90 Å². The topological polar surface area (TPSA) is 53.0 Å². The number of hydrogen-bond acceptors (Lipinski definition) is 3. The molecule has 0 saturated heterocycles. The summed E-state index contributed by atoms with van der Waals surface area (Å²) < 4.78 is 0. The van der Waals surface area contributed by atoms with Gasteiger partial charge in [0, 0.05) is 18.3 Å². The van der Waals surface area contributed by atoms with Gasteiger partial charge in [0.05, 0.1) is 12.5 Å². The summed E-state index contributed by atoms with van der Waals surface area (Å²) in [4.78, 5) is 2.13. The Morgan fingerprint density at radius 1 is 1.47 bits per heavy atom. The van der Waals surface area contributed by atoms with Crippen molar-refractivity contribution in [2.75, 3.05) is 12.8 Å². The molecule has 1 aromatic carbocycles. The molecule has 0 fully saturated rings. The number of nitriles is 1. The molecule has 0 aliphatic rings. The van der Waals surface area contributed by atoms with Crippen molar-refractivity contribution in [2.24, 2.45) is 0 Å². The number of benzene rings is 1. The summed E-state index contributed by atoms with van der Waals surface area (Å²) in [6, 6.07) is 10.3. The lowest BCUT2D eigenvalue weighted by molar-refractivity contribution is 0.253. The number of para-hydroxylation sites is 1. The minimum atomic E-state index is 0.259. The predicted molar refractivity (Wildman–Crippen MR) is 62.0 cm³/mol. The fourth-order valence-corrected chi connectivity index (χ4v) is 1.39. The maximum Gasteiger partial charge on any atom is 0.0638 e. The maximum atomic E-state index is 8.60. The number of rotatable bonds is 4. The van der Waals surface area contributed by atoms with Gasteiger partial charge in [0.2, 0.25) is 0 Å². The highest BCUT2D eigenvalue weighted by molar-refractivity contribution is 5.46. The second-order valence-corrected chi connectivity index (χ2v) is 3.83. The summed E-state index contributed by atoms with van der Waals surface area (Å²) in [7, 11) is 2.01. The highest BCUT2D eigenvalue weighted by Crippen LogP contribution is 2.14. The first kappa shape index (κ1) is 11.5. The van der Waals surface area contributed by atoms with Crippen LogP contribution in [0.5, 0.6) is 0 Å². The van der Waals surface area contributed by atoms with Gasteiger partial charge >= 0.3 is 0 Å². The summed E-state index contributed by atoms with van der Waals surface area (Å²) in [6.07, 6.45) is 0.545. The Morgan fingerprint density at radius 2 is 2.13 bits per heavy atom. The van der Waals surface area contributed by atoms with Gasteiger partial charge in [0.1, 0.15) is 0 Å². The van der Waals surface area contributed by atoms with Gasteiger partial charge in [-0.15, -0.1) is 0 Å². The Labute approximate surface area is 91.1 Å². The molecule has 3 heteroatoms. The second kappa shape index (κ2) is 5.38. The fraction of sp³-hybridized carbons (Fsp3) is 0.417. The molecule has 0 radical (unpaired) electrons. The maximum absolute atomic E-state index is 8.60. The molecule has 1 aromatic rings. The lowest BCUT2D eigenvalue weighted by atomic mass is 10.1. The first-order valence-corrected chi connectivity index (χ1v) is 5.05. The van der Waals surface area contributed by atoms with E-state index >= 15 is 0 Å². The van der Waals surface area contributed by atoms with Crippen LogP contribution >= 0.6 is 0 Å². The van der Waals surface area contributed by atoms with Crippen LogP contribution in [0.3, 0.4) is 0 Å². The Hall–Kier alpha value is -1.53. The van der Waals surface area contributed by atoms with E-state index in [1.54, 1.807) is 0 Å². The molecule has 0 spiro atoms. The van der Waals surface area contributed by atoms with E-state index in [1.165, 1.54) is 0 Å². The molecule has 0 aliphatic heterocycles. The van der Waals surface area contributed by atoms with Crippen LogP contribution in [0.1, 0.15) is 18.9 Å². The van der Waals surface area contributed by atoms with Crippen LogP contribution in [0.2, 0.25) is 0 Å². The quantitative estimate of drug-likeness (QED) is 0.761. The van der Waals surface area contributed by atoms with E-state index in [-0.39, 0.29) is 6.04 Å². The van der Waals surface area contributed by atoms with E-state index in [0.717, 1.165) is 17.8 Å². The van der Waals surface area contributed by atoms with Gasteiger partial charge in [-0.05, 0) is 25.6 Å². The largest absolute Gasteiger partial charge is 0.398 e. The van der Waals surface area contributed by atoms with Crippen LogP contribution in [0.15, 0.2) is 24.3 Å². The molecule has 80 valence electrons. The molecule has 0 aliphatic carbocycles. The third-order valence-corrected chi connectivity index (χ3v) is 2.61. The van der Waals surface area contributed by atoms with Crippen LogP contribution in [0.25, 0.3) is 0 Å². The van der Waals surface area contributed by atoms with Crippen molar-refractivity contribution in [3.05, 3.63) is 29.8 Å². The smallest absolute Gasteiger partial charge is 0.0638 e. The van der Waals surface area contributed by atoms with Gasteiger partial charge in [0.25, 0.3) is 0 Å². The number of nitrogens with two attached hydrogens (primary N) is 1. The fourth-order valence-electron chi connectivity index (χ4n) is 1.39. The SMILES string of the molecule is CC(CC#N)N(C)Cc1ccccc1N. The molecule has 2 N–H and O–H groups in total. The van der Waals surface area contributed by atoms with Crippen LogP contribution < -0.4 is 5.73 Å². The molecule has 1 rings (SSSR count). The summed E-state index contributed by atoms with van der Waals surface area (Å²) in [5.41, 5.74) is 7.78. The van der Waals surface area contributed by atoms with E-state index in [1.807, 2.05) is 38.2 Å². The number of nitrogens with zero attached hydrogens (tertiary/aromatic N) is 2. The zero-order chi connectivity index (χ0) is 11.3. The third kappa shape index (κ3) is 3.26. The first-order valence-electron chi connectivity index (χ1n) is 5.05. The van der Waals surface area contributed by atoms with Crippen molar-refractivity contribution < 1.29 is 0 Å². The molecule has 0 bridgehead atoms. The van der Waals surface area contributed by atoms with E-state index in [0.29, 0.717) is 6.42 Å². The summed E-state index contributed by atoms with van der Waals surface area (Å²) >= 11 is 0. The van der Waals surface area contributed by atoms with E-state index in [9.17, 15) is 0 Å². The van der Waals surface area contributed by atoms with E-state index in [2.05, 4.69) is 11.0 Å². The summed E-state index contributed by atoms with van der Waals surface area (Å²) in [5.74, 6) is 0. The first-order chi connectivity index (χ1) is 7.15. The van der Waals surface area contributed by atoms with Crippen molar-refractivity contribution in [3.63, 3.8) is 0 Å². The lowest BCUT2D eigenvalue weighted by Crippen LogP contribution is -2.28. The van der Waals surface area contributed by atoms with Crippen molar-refractivity contribution in [3.8, 4) is 6.07 Å². The van der Waals surface area contributed by atoms with Crippen LogP contribution in [-0.2, 0) is 6.54 Å². The standard InChI is InChI=1S/C12H17N3/c1-10(7-8-13)15(2)9-11-5-3-4-6-12(11)14/h3-6,10H,7,9,14H2,1-2H3. The Bertz CT molecular complexity index is 354. The van der Waals surface area contributed by atoms with Gasteiger partial charge in [-0.25, -0.2) is 0 Å². The predicted octanol–water partition coefficient (Wildman–Crippen LogP) is 2.00. The second-order valence-electron chi connectivity index (χ2n) is 3.83. The van der Waals surface area contributed by atoms with Gasteiger partial charge in [-0.2, -0.15) is 5.26 Å². The molecule has 1 unspecified atom stereocenters. The molecular weight excluding hydrogens is 186 g/mol. The highest BCUT2D eigenvalue weighted by Gasteiger charge is 2.09. The molecule has 0 amide bonds. The zero-order valence-electron chi connectivity index (χ0n) is 9.27. The Balaban J connectivity index is 2.63. The average Bonchev–Trinajstić information content (AvgIpc) is 2.21. The van der Waals surface area contributed by atoms with Gasteiger partial charge in [-0.3, -0.25) is 4.90 Å². The molecule has 3 nitrogen and oxygen atoms in total. The minimum absolute atomic E-state index is 0.259. The van der Waals surface area contributed by atoms with Gasteiger partial charge in [0.15, 0.2) is 0 Å². The third-order valence-electron chi connectivity index (χ3n) is 2.61. The molecular formula is C12H17N3. The normalized spacial score (nSPS) is 12.4. The number of nitrogen functional groups attached to an aromatic ring is 1. The Morgan fingerprint density at radius 3 is 2.73 bits per heavy atom. The average molecular weight is 203 g/mol. The monoisotopic (exact) mass is 203 g/mol. The Kier molecular flexibility index (Phi) is 4.14. The number of hydrogen-bond donors (Lipinski definition) is 1. The van der Waals surface area contributed by atoms with E-state index in [4.69, 9.17) is 11.0 Å². The highest BCUT2D eigenvalue weighted by atomic mass is 15.1. The lowest BCUT2D eigenvalue weighted by Gasteiger charge is -2.23. The van der Waals surface area contributed by atoms with E-state index < -0.39 is 0 Å². The summed E-state index contributed by atoms with van der Waals surface area (Å²) in [5, 5.41) is 8.60.